The van der Waals surface area contributed by atoms with Gasteiger partial charge in [0.1, 0.15) is 0 Å². The highest BCUT2D eigenvalue weighted by molar-refractivity contribution is 5.94. The van der Waals surface area contributed by atoms with Crippen LogP contribution in [0, 0.1) is 0 Å². The summed E-state index contributed by atoms with van der Waals surface area (Å²) in [4.78, 5) is 14.4. The molecule has 0 heterocycles. The molecule has 0 fully saturated rings. The first kappa shape index (κ1) is 15.5. The minimum absolute atomic E-state index is 0.0208. The van der Waals surface area contributed by atoms with Crippen LogP contribution < -0.4 is 11.1 Å². The number of nitrogens with one attached hydrogen (secondary N) is 1. The molecule has 0 bridgehead atoms. The molecule has 0 aliphatic rings. The van der Waals surface area contributed by atoms with E-state index in [1.807, 2.05) is 19.1 Å². The van der Waals surface area contributed by atoms with Crippen LogP contribution in [0.5, 0.6) is 0 Å². The van der Waals surface area contributed by atoms with E-state index in [0.29, 0.717) is 5.69 Å². The van der Waals surface area contributed by atoms with Crippen LogP contribution in [0.15, 0.2) is 24.3 Å². The van der Waals surface area contributed by atoms with E-state index in [1.54, 1.807) is 12.1 Å². The van der Waals surface area contributed by atoms with Gasteiger partial charge in [-0.2, -0.15) is 0 Å². The monoisotopic (exact) mass is 263 g/mol. The minimum Gasteiger partial charge on any atom is -0.399 e. The number of nitrogens with zero attached hydrogens (tertiary/aromatic N) is 1. The largest absolute Gasteiger partial charge is 0.399 e. The van der Waals surface area contributed by atoms with Crippen molar-refractivity contribution in [2.75, 3.05) is 24.1 Å². The van der Waals surface area contributed by atoms with E-state index >= 15 is 0 Å². The molecule has 0 saturated heterocycles. The van der Waals surface area contributed by atoms with Crippen LogP contribution >= 0.6 is 0 Å². The van der Waals surface area contributed by atoms with E-state index in [4.69, 9.17) is 5.73 Å². The molecule has 19 heavy (non-hydrogen) atoms. The number of rotatable bonds is 7. The topological polar surface area (TPSA) is 58.4 Å². The van der Waals surface area contributed by atoms with Crippen LogP contribution in [-0.2, 0) is 4.79 Å². The molecule has 0 spiro atoms. The maximum Gasteiger partial charge on any atom is 0.241 e. The summed E-state index contributed by atoms with van der Waals surface area (Å²) < 4.78 is 0. The van der Waals surface area contributed by atoms with Crippen molar-refractivity contribution in [3.8, 4) is 0 Å². The van der Waals surface area contributed by atoms with Crippen molar-refractivity contribution in [1.82, 2.24) is 4.90 Å². The predicted molar refractivity (Wildman–Crippen MR) is 81.1 cm³/mol. The Morgan fingerprint density at radius 3 is 2.47 bits per heavy atom. The molecule has 106 valence electrons. The normalized spacial score (nSPS) is 12.4. The number of nitrogens with two attached hydrogens (primary N) is 1. The lowest BCUT2D eigenvalue weighted by molar-refractivity contribution is -0.120. The number of amides is 1. The van der Waals surface area contributed by atoms with E-state index in [0.717, 1.165) is 31.6 Å². The molecule has 3 N–H and O–H groups in total. The fourth-order valence-corrected chi connectivity index (χ4v) is 2.10. The van der Waals surface area contributed by atoms with Crippen molar-refractivity contribution in [3.05, 3.63) is 24.3 Å². The fourth-order valence-electron chi connectivity index (χ4n) is 2.10. The highest BCUT2D eigenvalue weighted by Gasteiger charge is 2.19. The zero-order chi connectivity index (χ0) is 14.3. The molecule has 4 heteroatoms. The molecule has 1 unspecified atom stereocenters. The van der Waals surface area contributed by atoms with Crippen LogP contribution in [0.25, 0.3) is 0 Å². The molecule has 0 aromatic heterocycles. The second-order valence-electron chi connectivity index (χ2n) is 4.83. The Balaban J connectivity index is 2.65. The van der Waals surface area contributed by atoms with Crippen molar-refractivity contribution in [1.29, 1.82) is 0 Å². The standard InChI is InChI=1S/C15H25N3O/c1-4-9-18(10-5-2)12(3)15(19)17-14-8-6-7-13(16)11-14/h6-8,11-12H,4-5,9-10,16H2,1-3H3,(H,17,19). The molecule has 0 aliphatic heterocycles. The minimum atomic E-state index is -0.124. The van der Waals surface area contributed by atoms with Gasteiger partial charge in [-0.25, -0.2) is 0 Å². The zero-order valence-corrected chi connectivity index (χ0v) is 12.1. The lowest BCUT2D eigenvalue weighted by atomic mass is 10.2. The average Bonchev–Trinajstić information content (AvgIpc) is 2.37. The van der Waals surface area contributed by atoms with Gasteiger partial charge in [0, 0.05) is 11.4 Å². The quantitative estimate of drug-likeness (QED) is 0.744. The van der Waals surface area contributed by atoms with Crippen LogP contribution in [0.4, 0.5) is 11.4 Å². The summed E-state index contributed by atoms with van der Waals surface area (Å²) in [6.07, 6.45) is 2.10. The summed E-state index contributed by atoms with van der Waals surface area (Å²) in [6.45, 7) is 8.10. The van der Waals surface area contributed by atoms with Gasteiger partial charge >= 0.3 is 0 Å². The molecular formula is C15H25N3O. The molecule has 4 nitrogen and oxygen atoms in total. The molecule has 1 aromatic rings. The SMILES string of the molecule is CCCN(CCC)C(C)C(=O)Nc1cccc(N)c1. The van der Waals surface area contributed by atoms with Gasteiger partial charge < -0.3 is 11.1 Å². The van der Waals surface area contributed by atoms with Gasteiger partial charge in [0.2, 0.25) is 5.91 Å². The van der Waals surface area contributed by atoms with Gasteiger partial charge in [0.15, 0.2) is 0 Å². The first-order chi connectivity index (χ1) is 9.08. The van der Waals surface area contributed by atoms with Gasteiger partial charge in [-0.05, 0) is 51.1 Å². The van der Waals surface area contributed by atoms with Gasteiger partial charge in [-0.3, -0.25) is 9.69 Å². The van der Waals surface area contributed by atoms with E-state index in [9.17, 15) is 4.79 Å². The molecule has 1 amide bonds. The smallest absolute Gasteiger partial charge is 0.241 e. The third-order valence-electron chi connectivity index (χ3n) is 3.10. The second-order valence-corrected chi connectivity index (χ2v) is 4.83. The van der Waals surface area contributed by atoms with Crippen molar-refractivity contribution in [2.45, 2.75) is 39.7 Å². The Morgan fingerprint density at radius 1 is 1.32 bits per heavy atom. The molecule has 1 rings (SSSR count). The van der Waals surface area contributed by atoms with Crippen molar-refractivity contribution < 1.29 is 4.79 Å². The number of hydrogen-bond donors (Lipinski definition) is 2. The second kappa shape index (κ2) is 7.79. The van der Waals surface area contributed by atoms with Crippen molar-refractivity contribution in [3.63, 3.8) is 0 Å². The van der Waals surface area contributed by atoms with Gasteiger partial charge in [0.25, 0.3) is 0 Å². The third-order valence-corrected chi connectivity index (χ3v) is 3.10. The number of benzene rings is 1. The maximum atomic E-state index is 12.2. The maximum absolute atomic E-state index is 12.2. The Morgan fingerprint density at radius 2 is 1.95 bits per heavy atom. The first-order valence-electron chi connectivity index (χ1n) is 6.99. The van der Waals surface area contributed by atoms with E-state index in [1.165, 1.54) is 0 Å². The van der Waals surface area contributed by atoms with Crippen molar-refractivity contribution in [2.24, 2.45) is 0 Å². The van der Waals surface area contributed by atoms with Crippen molar-refractivity contribution >= 4 is 17.3 Å². The average molecular weight is 263 g/mol. The van der Waals surface area contributed by atoms with Crippen LogP contribution in [0.3, 0.4) is 0 Å². The molecule has 0 saturated carbocycles. The number of carbonyl (C=O) groups is 1. The summed E-state index contributed by atoms with van der Waals surface area (Å²) in [5.74, 6) is 0.0208. The summed E-state index contributed by atoms with van der Waals surface area (Å²) in [5, 5.41) is 2.92. The summed E-state index contributed by atoms with van der Waals surface area (Å²) in [6, 6.07) is 7.14. The highest BCUT2D eigenvalue weighted by Crippen LogP contribution is 2.13. The lowest BCUT2D eigenvalue weighted by Crippen LogP contribution is -2.42. The lowest BCUT2D eigenvalue weighted by Gasteiger charge is -2.27. The van der Waals surface area contributed by atoms with Gasteiger partial charge in [0.05, 0.1) is 6.04 Å². The Hall–Kier alpha value is -1.55. The van der Waals surface area contributed by atoms with E-state index in [2.05, 4.69) is 24.1 Å². The van der Waals surface area contributed by atoms with Crippen LogP contribution in [0.1, 0.15) is 33.6 Å². The molecule has 0 radical (unpaired) electrons. The zero-order valence-electron chi connectivity index (χ0n) is 12.1. The number of hydrogen-bond acceptors (Lipinski definition) is 3. The molecule has 0 aliphatic carbocycles. The Kier molecular flexibility index (Phi) is 6.36. The van der Waals surface area contributed by atoms with Gasteiger partial charge in [-0.1, -0.05) is 19.9 Å². The molecular weight excluding hydrogens is 238 g/mol. The number of carbonyl (C=O) groups excluding carboxylic acids is 1. The Bertz CT molecular complexity index is 400. The first-order valence-corrected chi connectivity index (χ1v) is 6.99. The van der Waals surface area contributed by atoms with Crippen LogP contribution in [0.2, 0.25) is 0 Å². The summed E-state index contributed by atoms with van der Waals surface area (Å²) in [5.41, 5.74) is 7.12. The predicted octanol–water partition coefficient (Wildman–Crippen LogP) is 2.72. The third kappa shape index (κ3) is 4.91. The molecule has 1 atom stereocenters. The van der Waals surface area contributed by atoms with E-state index in [-0.39, 0.29) is 11.9 Å². The summed E-state index contributed by atoms with van der Waals surface area (Å²) >= 11 is 0. The number of nitrogen functional groups attached to an aromatic ring is 1. The number of anilines is 2. The van der Waals surface area contributed by atoms with Crippen LogP contribution in [-0.4, -0.2) is 29.9 Å². The highest BCUT2D eigenvalue weighted by atomic mass is 16.2. The molecule has 1 aromatic carbocycles. The van der Waals surface area contributed by atoms with E-state index < -0.39 is 0 Å². The Labute approximate surface area is 116 Å². The van der Waals surface area contributed by atoms with Gasteiger partial charge in [-0.15, -0.1) is 0 Å². The fraction of sp³-hybridized carbons (Fsp3) is 0.533. The summed E-state index contributed by atoms with van der Waals surface area (Å²) in [7, 11) is 0.